The first-order chi connectivity index (χ1) is 10.3. The molecule has 1 aliphatic heterocycles. The number of carbonyl (C=O) groups excluding carboxylic acids is 1. The number of hydrogen-bond donors (Lipinski definition) is 1. The predicted octanol–water partition coefficient (Wildman–Crippen LogP) is 2.11. The highest BCUT2D eigenvalue weighted by atomic mass is 32.1. The summed E-state index contributed by atoms with van der Waals surface area (Å²) in [6.45, 7) is 9.94. The zero-order chi connectivity index (χ0) is 16.3. The number of thiocarbonyl (C=S) groups is 1. The summed E-state index contributed by atoms with van der Waals surface area (Å²) in [5, 5.41) is 3.87. The molecule has 0 aliphatic carbocycles. The number of amides is 1. The average Bonchev–Trinajstić information content (AvgIpc) is 3.03. The lowest BCUT2D eigenvalue weighted by Crippen LogP contribution is -2.37. The van der Waals surface area contributed by atoms with E-state index in [9.17, 15) is 4.79 Å². The number of nitrogens with zero attached hydrogens (tertiary/aromatic N) is 3. The molecule has 2 atom stereocenters. The van der Waals surface area contributed by atoms with Gasteiger partial charge in [-0.25, -0.2) is 9.78 Å². The fourth-order valence-corrected chi connectivity index (χ4v) is 2.66. The Labute approximate surface area is 136 Å². The monoisotopic (exact) mass is 324 g/mol. The number of likely N-dealkylation sites (tertiary alicyclic amines) is 1. The molecule has 1 aromatic heterocycles. The molecule has 0 radical (unpaired) electrons. The average molecular weight is 324 g/mol. The van der Waals surface area contributed by atoms with E-state index in [-0.39, 0.29) is 6.09 Å². The summed E-state index contributed by atoms with van der Waals surface area (Å²) < 4.78 is 7.20. The fraction of sp³-hybridized carbons (Fsp3) is 0.667. The summed E-state index contributed by atoms with van der Waals surface area (Å²) in [7, 11) is 0. The maximum Gasteiger partial charge on any atom is 0.410 e. The Hall–Kier alpha value is -1.63. The maximum absolute atomic E-state index is 12.1. The first-order valence-corrected chi connectivity index (χ1v) is 7.91. The lowest BCUT2D eigenvalue weighted by Gasteiger charge is -2.24. The van der Waals surface area contributed by atoms with Gasteiger partial charge >= 0.3 is 6.09 Å². The van der Waals surface area contributed by atoms with Crippen LogP contribution in [0.3, 0.4) is 0 Å². The second-order valence-corrected chi connectivity index (χ2v) is 7.17. The van der Waals surface area contributed by atoms with Gasteiger partial charge in [-0.2, -0.15) is 0 Å². The molecule has 6 nitrogen and oxygen atoms in total. The molecular weight excluding hydrogens is 300 g/mol. The Kier molecular flexibility index (Phi) is 5.05. The molecule has 1 aliphatic rings. The molecule has 22 heavy (non-hydrogen) atoms. The molecule has 1 N–H and O–H groups in total. The van der Waals surface area contributed by atoms with Crippen molar-refractivity contribution >= 4 is 23.4 Å². The van der Waals surface area contributed by atoms with Crippen LogP contribution in [0, 0.1) is 11.8 Å². The van der Waals surface area contributed by atoms with Gasteiger partial charge < -0.3 is 15.0 Å². The molecule has 1 fully saturated rings. The van der Waals surface area contributed by atoms with E-state index in [1.807, 2.05) is 20.8 Å². The van der Waals surface area contributed by atoms with Gasteiger partial charge in [0.2, 0.25) is 0 Å². The number of aromatic nitrogens is 2. The van der Waals surface area contributed by atoms with Gasteiger partial charge in [0.25, 0.3) is 0 Å². The Balaban J connectivity index is 1.83. The summed E-state index contributed by atoms with van der Waals surface area (Å²) in [5.41, 5.74) is -0.459. The van der Waals surface area contributed by atoms with Gasteiger partial charge in [-0.3, -0.25) is 4.57 Å². The van der Waals surface area contributed by atoms with E-state index < -0.39 is 5.60 Å². The second-order valence-electron chi connectivity index (χ2n) is 6.78. The van der Waals surface area contributed by atoms with Crippen LogP contribution in [0.4, 0.5) is 4.79 Å². The summed E-state index contributed by atoms with van der Waals surface area (Å²) in [6.07, 6.45) is 4.93. The number of imidazole rings is 1. The Morgan fingerprint density at radius 1 is 1.45 bits per heavy atom. The van der Waals surface area contributed by atoms with E-state index in [1.54, 1.807) is 28.2 Å². The van der Waals surface area contributed by atoms with Gasteiger partial charge in [-0.15, -0.1) is 0 Å². The minimum absolute atomic E-state index is 0.237. The van der Waals surface area contributed by atoms with Crippen molar-refractivity contribution in [3.63, 3.8) is 0 Å². The smallest absolute Gasteiger partial charge is 0.410 e. The quantitative estimate of drug-likeness (QED) is 0.844. The van der Waals surface area contributed by atoms with E-state index >= 15 is 0 Å². The molecule has 122 valence electrons. The van der Waals surface area contributed by atoms with Crippen LogP contribution in [0.25, 0.3) is 0 Å². The largest absolute Gasteiger partial charge is 0.444 e. The third-order valence-corrected chi connectivity index (χ3v) is 4.03. The highest BCUT2D eigenvalue weighted by Crippen LogP contribution is 2.24. The third kappa shape index (κ3) is 4.43. The number of ether oxygens (including phenoxy) is 1. The molecule has 0 aromatic carbocycles. The zero-order valence-corrected chi connectivity index (χ0v) is 14.4. The molecule has 1 saturated heterocycles. The van der Waals surface area contributed by atoms with Crippen LogP contribution in [-0.2, 0) is 4.74 Å². The predicted molar refractivity (Wildman–Crippen MR) is 88.7 cm³/mol. The number of nitrogens with one attached hydrogen (secondary N) is 1. The first kappa shape index (κ1) is 16.7. The fourth-order valence-electron chi connectivity index (χ4n) is 2.46. The SMILES string of the molecule is CC1CN(C(=O)OC(C)(C)C)CC1CNC(=S)n1ccnc1. The van der Waals surface area contributed by atoms with Crippen LogP contribution in [0.1, 0.15) is 27.7 Å². The molecule has 0 spiro atoms. The van der Waals surface area contributed by atoms with Crippen LogP contribution in [0.15, 0.2) is 18.7 Å². The van der Waals surface area contributed by atoms with Gasteiger partial charge in [-0.05, 0) is 44.8 Å². The molecule has 2 heterocycles. The normalized spacial score (nSPS) is 21.7. The topological polar surface area (TPSA) is 59.4 Å². The summed E-state index contributed by atoms with van der Waals surface area (Å²) in [5.74, 6) is 0.764. The van der Waals surface area contributed by atoms with Crippen molar-refractivity contribution in [3.8, 4) is 0 Å². The van der Waals surface area contributed by atoms with Gasteiger partial charge in [0, 0.05) is 32.0 Å². The van der Waals surface area contributed by atoms with Gasteiger partial charge in [0.05, 0.1) is 0 Å². The lowest BCUT2D eigenvalue weighted by molar-refractivity contribution is 0.0285. The van der Waals surface area contributed by atoms with E-state index in [2.05, 4.69) is 17.2 Å². The minimum atomic E-state index is -0.459. The van der Waals surface area contributed by atoms with Crippen LogP contribution in [0.2, 0.25) is 0 Å². The second kappa shape index (κ2) is 6.64. The zero-order valence-electron chi connectivity index (χ0n) is 13.6. The highest BCUT2D eigenvalue weighted by Gasteiger charge is 2.34. The summed E-state index contributed by atoms with van der Waals surface area (Å²) in [4.78, 5) is 17.9. The van der Waals surface area contributed by atoms with Crippen molar-refractivity contribution in [2.45, 2.75) is 33.3 Å². The number of rotatable bonds is 2. The number of hydrogen-bond acceptors (Lipinski definition) is 4. The van der Waals surface area contributed by atoms with Crippen molar-refractivity contribution in [1.29, 1.82) is 0 Å². The summed E-state index contributed by atoms with van der Waals surface area (Å²) >= 11 is 5.31. The van der Waals surface area contributed by atoms with Gasteiger partial charge in [0.15, 0.2) is 5.11 Å². The molecule has 7 heteroatoms. The van der Waals surface area contributed by atoms with Crippen molar-refractivity contribution in [2.24, 2.45) is 11.8 Å². The van der Waals surface area contributed by atoms with Crippen molar-refractivity contribution in [3.05, 3.63) is 18.7 Å². The van der Waals surface area contributed by atoms with Crippen LogP contribution in [-0.4, -0.2) is 50.9 Å². The molecule has 2 rings (SSSR count). The van der Waals surface area contributed by atoms with E-state index in [4.69, 9.17) is 17.0 Å². The van der Waals surface area contributed by atoms with E-state index in [1.165, 1.54) is 0 Å². The van der Waals surface area contributed by atoms with Crippen LogP contribution >= 0.6 is 12.2 Å². The van der Waals surface area contributed by atoms with Gasteiger partial charge in [-0.1, -0.05) is 6.92 Å². The maximum atomic E-state index is 12.1. The van der Waals surface area contributed by atoms with E-state index in [0.717, 1.165) is 13.1 Å². The Morgan fingerprint density at radius 2 is 2.18 bits per heavy atom. The van der Waals surface area contributed by atoms with E-state index in [0.29, 0.717) is 23.5 Å². The van der Waals surface area contributed by atoms with Gasteiger partial charge in [0.1, 0.15) is 11.9 Å². The first-order valence-electron chi connectivity index (χ1n) is 7.50. The molecule has 0 saturated carbocycles. The molecule has 1 amide bonds. The Bertz CT molecular complexity index is 524. The minimum Gasteiger partial charge on any atom is -0.444 e. The lowest BCUT2D eigenvalue weighted by atomic mass is 9.98. The molecular formula is C15H24N4O2S. The molecule has 0 bridgehead atoms. The molecule has 2 unspecified atom stereocenters. The van der Waals surface area contributed by atoms with Crippen LogP contribution < -0.4 is 5.32 Å². The standard InChI is InChI=1S/C15H24N4O2S/c1-11-8-19(14(20)21-15(2,3)4)9-12(11)7-17-13(22)18-6-5-16-10-18/h5-6,10-12H,7-9H2,1-4H3,(H,17,22). The van der Waals surface area contributed by atoms with Crippen molar-refractivity contribution < 1.29 is 9.53 Å². The van der Waals surface area contributed by atoms with Crippen molar-refractivity contribution in [1.82, 2.24) is 19.8 Å². The van der Waals surface area contributed by atoms with Crippen molar-refractivity contribution in [2.75, 3.05) is 19.6 Å². The molecule has 1 aromatic rings. The summed E-state index contributed by atoms with van der Waals surface area (Å²) in [6, 6.07) is 0. The Morgan fingerprint density at radius 3 is 2.77 bits per heavy atom. The highest BCUT2D eigenvalue weighted by molar-refractivity contribution is 7.80. The third-order valence-electron chi connectivity index (χ3n) is 3.67. The van der Waals surface area contributed by atoms with Crippen LogP contribution in [0.5, 0.6) is 0 Å². The number of carbonyl (C=O) groups is 1.